The summed E-state index contributed by atoms with van der Waals surface area (Å²) in [5.74, 6) is 0.178. The lowest BCUT2D eigenvalue weighted by molar-refractivity contribution is 0.0947. The van der Waals surface area contributed by atoms with Gasteiger partial charge in [0.1, 0.15) is 5.56 Å². The number of aromatic amines is 1. The molecule has 1 amide bonds. The number of pyridine rings is 1. The number of nitrogens with zero attached hydrogens (tertiary/aromatic N) is 1. The van der Waals surface area contributed by atoms with Crippen LogP contribution in [0.4, 0.5) is 0 Å². The molecule has 26 heavy (non-hydrogen) atoms. The van der Waals surface area contributed by atoms with Crippen molar-refractivity contribution in [1.82, 2.24) is 15.2 Å². The van der Waals surface area contributed by atoms with E-state index in [0.29, 0.717) is 28.7 Å². The Hall–Kier alpha value is -2.11. The number of rotatable bonds is 5. The fourth-order valence-electron chi connectivity index (χ4n) is 3.57. The first-order chi connectivity index (χ1) is 12.5. The van der Waals surface area contributed by atoms with E-state index >= 15 is 0 Å². The van der Waals surface area contributed by atoms with Crippen molar-refractivity contribution in [1.29, 1.82) is 0 Å². The van der Waals surface area contributed by atoms with Crippen LogP contribution in [0.1, 0.15) is 39.5 Å². The third-order valence-electron chi connectivity index (χ3n) is 5.05. The Kier molecular flexibility index (Phi) is 5.79. The number of halogens is 1. The van der Waals surface area contributed by atoms with Gasteiger partial charge in [0.25, 0.3) is 11.5 Å². The molecule has 3 rings (SSSR count). The molecule has 6 heteroatoms. The van der Waals surface area contributed by atoms with Gasteiger partial charge in [-0.15, -0.1) is 0 Å². The molecule has 1 aromatic carbocycles. The smallest absolute Gasteiger partial charge is 0.261 e. The summed E-state index contributed by atoms with van der Waals surface area (Å²) in [5.41, 5.74) is 2.18. The predicted molar refractivity (Wildman–Crippen MR) is 104 cm³/mol. The van der Waals surface area contributed by atoms with Crippen LogP contribution in [0, 0.1) is 13.8 Å². The van der Waals surface area contributed by atoms with Crippen LogP contribution in [-0.4, -0.2) is 42.0 Å². The maximum atomic E-state index is 12.4. The topological polar surface area (TPSA) is 65.2 Å². The predicted octanol–water partition coefficient (Wildman–Crippen LogP) is 2.86. The van der Waals surface area contributed by atoms with Crippen LogP contribution < -0.4 is 10.9 Å². The molecule has 2 heterocycles. The zero-order chi connectivity index (χ0) is 18.7. The third-order valence-corrected chi connectivity index (χ3v) is 5.61. The molecule has 0 aliphatic carbocycles. The molecular weight excluding hydrogens is 350 g/mol. The SMILES string of the molecule is Cc1[nH]c(=O)c(C(=O)NCCN2CCC(c3ccccc3)C2)c(C)c1Cl. The number of hydrogen-bond acceptors (Lipinski definition) is 3. The van der Waals surface area contributed by atoms with E-state index in [1.54, 1.807) is 13.8 Å². The molecule has 1 aliphatic heterocycles. The maximum Gasteiger partial charge on any atom is 0.261 e. The van der Waals surface area contributed by atoms with E-state index in [4.69, 9.17) is 11.6 Å². The number of aromatic nitrogens is 1. The molecule has 0 radical (unpaired) electrons. The van der Waals surface area contributed by atoms with Gasteiger partial charge in [-0.2, -0.15) is 0 Å². The Labute approximate surface area is 158 Å². The van der Waals surface area contributed by atoms with Gasteiger partial charge in [0.05, 0.1) is 5.02 Å². The van der Waals surface area contributed by atoms with Crippen molar-refractivity contribution < 1.29 is 4.79 Å². The van der Waals surface area contributed by atoms with Crippen molar-refractivity contribution in [3.8, 4) is 0 Å². The highest BCUT2D eigenvalue weighted by Crippen LogP contribution is 2.26. The van der Waals surface area contributed by atoms with Crippen molar-refractivity contribution in [2.75, 3.05) is 26.2 Å². The van der Waals surface area contributed by atoms with Crippen LogP contribution in [0.25, 0.3) is 0 Å². The summed E-state index contributed by atoms with van der Waals surface area (Å²) in [5, 5.41) is 3.28. The van der Waals surface area contributed by atoms with Gasteiger partial charge < -0.3 is 15.2 Å². The molecular formula is C20H24ClN3O2. The summed E-state index contributed by atoms with van der Waals surface area (Å²) in [6, 6.07) is 10.5. The van der Waals surface area contributed by atoms with E-state index in [1.165, 1.54) is 5.56 Å². The van der Waals surface area contributed by atoms with Crippen molar-refractivity contribution in [2.45, 2.75) is 26.2 Å². The van der Waals surface area contributed by atoms with Gasteiger partial charge in [-0.05, 0) is 43.9 Å². The van der Waals surface area contributed by atoms with Gasteiger partial charge in [-0.1, -0.05) is 41.9 Å². The first kappa shape index (κ1) is 18.7. The highest BCUT2D eigenvalue weighted by Gasteiger charge is 2.23. The number of amides is 1. The fourth-order valence-corrected chi connectivity index (χ4v) is 3.71. The number of nitrogens with one attached hydrogen (secondary N) is 2. The number of benzene rings is 1. The number of carbonyl (C=O) groups is 1. The molecule has 2 N–H and O–H groups in total. The second-order valence-electron chi connectivity index (χ2n) is 6.85. The van der Waals surface area contributed by atoms with E-state index in [0.717, 1.165) is 26.1 Å². The van der Waals surface area contributed by atoms with E-state index in [1.807, 2.05) is 6.07 Å². The fraction of sp³-hybridized carbons (Fsp3) is 0.400. The van der Waals surface area contributed by atoms with Crippen LogP contribution >= 0.6 is 11.6 Å². The highest BCUT2D eigenvalue weighted by atomic mass is 35.5. The average Bonchev–Trinajstić information content (AvgIpc) is 3.09. The Morgan fingerprint density at radius 3 is 2.77 bits per heavy atom. The number of hydrogen-bond donors (Lipinski definition) is 2. The number of carbonyl (C=O) groups excluding carboxylic acids is 1. The molecule has 1 fully saturated rings. The lowest BCUT2D eigenvalue weighted by Gasteiger charge is -2.17. The monoisotopic (exact) mass is 373 g/mol. The minimum absolute atomic E-state index is 0.101. The highest BCUT2D eigenvalue weighted by molar-refractivity contribution is 6.32. The summed E-state index contributed by atoms with van der Waals surface area (Å²) in [6.07, 6.45) is 1.13. The van der Waals surface area contributed by atoms with Gasteiger partial charge in [0.15, 0.2) is 0 Å². The van der Waals surface area contributed by atoms with Crippen molar-refractivity contribution in [2.24, 2.45) is 0 Å². The molecule has 0 saturated carbocycles. The summed E-state index contributed by atoms with van der Waals surface area (Å²) >= 11 is 6.15. The molecule has 1 atom stereocenters. The molecule has 2 aromatic rings. The molecule has 1 unspecified atom stereocenters. The summed E-state index contributed by atoms with van der Waals surface area (Å²) in [6.45, 7) is 6.71. The summed E-state index contributed by atoms with van der Waals surface area (Å²) < 4.78 is 0. The summed E-state index contributed by atoms with van der Waals surface area (Å²) in [4.78, 5) is 29.5. The van der Waals surface area contributed by atoms with Crippen LogP contribution in [0.15, 0.2) is 35.1 Å². The second-order valence-corrected chi connectivity index (χ2v) is 7.22. The number of likely N-dealkylation sites (tertiary alicyclic amines) is 1. The zero-order valence-corrected chi connectivity index (χ0v) is 15.9. The third kappa shape index (κ3) is 4.00. The minimum atomic E-state index is -0.396. The van der Waals surface area contributed by atoms with Crippen molar-refractivity contribution >= 4 is 17.5 Å². The lowest BCUT2D eigenvalue weighted by atomic mass is 9.99. The molecule has 1 saturated heterocycles. The number of H-pyrrole nitrogens is 1. The van der Waals surface area contributed by atoms with Crippen LogP contribution in [0.2, 0.25) is 5.02 Å². The molecule has 1 aliphatic rings. The van der Waals surface area contributed by atoms with Gasteiger partial charge in [-0.3, -0.25) is 9.59 Å². The van der Waals surface area contributed by atoms with E-state index in [2.05, 4.69) is 39.5 Å². The standard InChI is InChI=1S/C20H24ClN3O2/c1-13-17(20(26)23-14(2)18(13)21)19(25)22-9-11-24-10-8-16(12-24)15-6-4-3-5-7-15/h3-7,16H,8-12H2,1-2H3,(H,22,25)(H,23,26). The normalized spacial score (nSPS) is 17.4. The second kappa shape index (κ2) is 8.06. The molecule has 1 aromatic heterocycles. The molecule has 0 bridgehead atoms. The maximum absolute atomic E-state index is 12.4. The van der Waals surface area contributed by atoms with Gasteiger partial charge in [-0.25, -0.2) is 0 Å². The first-order valence-electron chi connectivity index (χ1n) is 8.92. The average molecular weight is 374 g/mol. The van der Waals surface area contributed by atoms with Crippen molar-refractivity contribution in [3.05, 3.63) is 68.1 Å². The number of aryl methyl sites for hydroxylation is 1. The van der Waals surface area contributed by atoms with Crippen LogP contribution in [-0.2, 0) is 0 Å². The van der Waals surface area contributed by atoms with Gasteiger partial charge in [0.2, 0.25) is 0 Å². The Morgan fingerprint density at radius 1 is 1.31 bits per heavy atom. The lowest BCUT2D eigenvalue weighted by Crippen LogP contribution is -2.36. The quantitative estimate of drug-likeness (QED) is 0.847. The summed E-state index contributed by atoms with van der Waals surface area (Å²) in [7, 11) is 0. The largest absolute Gasteiger partial charge is 0.351 e. The Balaban J connectivity index is 1.54. The van der Waals surface area contributed by atoms with E-state index in [-0.39, 0.29) is 11.5 Å². The molecule has 5 nitrogen and oxygen atoms in total. The van der Waals surface area contributed by atoms with Gasteiger partial charge >= 0.3 is 0 Å². The van der Waals surface area contributed by atoms with E-state index in [9.17, 15) is 9.59 Å². The zero-order valence-electron chi connectivity index (χ0n) is 15.1. The minimum Gasteiger partial charge on any atom is -0.351 e. The van der Waals surface area contributed by atoms with Gasteiger partial charge in [0, 0.05) is 25.3 Å². The van der Waals surface area contributed by atoms with E-state index < -0.39 is 5.56 Å². The van der Waals surface area contributed by atoms with Crippen LogP contribution in [0.5, 0.6) is 0 Å². The molecule has 0 spiro atoms. The first-order valence-corrected chi connectivity index (χ1v) is 9.29. The Morgan fingerprint density at radius 2 is 2.04 bits per heavy atom. The molecule has 138 valence electrons. The Bertz CT molecular complexity index is 848. The van der Waals surface area contributed by atoms with Crippen molar-refractivity contribution in [3.63, 3.8) is 0 Å². The van der Waals surface area contributed by atoms with Crippen LogP contribution in [0.3, 0.4) is 0 Å².